The van der Waals surface area contributed by atoms with Gasteiger partial charge in [-0.2, -0.15) is 0 Å². The maximum atomic E-state index is 9.54. The summed E-state index contributed by atoms with van der Waals surface area (Å²) in [6, 6.07) is 6.93. The fraction of sp³-hybridized carbons (Fsp3) is 0.400. The lowest BCUT2D eigenvalue weighted by Gasteiger charge is -2.26. The molecule has 3 heteroatoms. The average molecular weight is 181 g/mol. The van der Waals surface area contributed by atoms with E-state index in [0.29, 0.717) is 12.1 Å². The van der Waals surface area contributed by atoms with Crippen molar-refractivity contribution >= 4 is 0 Å². The molecule has 0 saturated heterocycles. The van der Waals surface area contributed by atoms with Gasteiger partial charge in [-0.05, 0) is 6.07 Å². The first-order valence-electron chi connectivity index (χ1n) is 4.23. The van der Waals surface area contributed by atoms with Crippen LogP contribution in [0.25, 0.3) is 0 Å². The fourth-order valence-electron chi connectivity index (χ4n) is 1.24. The molecule has 0 radical (unpaired) electrons. The topological polar surface area (TPSA) is 66.5 Å². The number of benzene rings is 1. The highest BCUT2D eigenvalue weighted by atomic mass is 16.3. The molecule has 4 N–H and O–H groups in total. The van der Waals surface area contributed by atoms with Crippen LogP contribution in [0.3, 0.4) is 0 Å². The van der Waals surface area contributed by atoms with E-state index in [0.717, 1.165) is 0 Å². The molecule has 1 aromatic carbocycles. The first-order chi connectivity index (χ1) is 6.14. The smallest absolute Gasteiger partial charge is 0.119 e. The zero-order chi connectivity index (χ0) is 9.90. The lowest BCUT2D eigenvalue weighted by atomic mass is 9.83. The summed E-state index contributed by atoms with van der Waals surface area (Å²) in [6.07, 6.45) is 0. The predicted molar refractivity (Wildman–Crippen MR) is 51.6 cm³/mol. The van der Waals surface area contributed by atoms with Gasteiger partial charge in [0.25, 0.3) is 0 Å². The van der Waals surface area contributed by atoms with E-state index in [4.69, 9.17) is 5.73 Å². The first-order valence-corrected chi connectivity index (χ1v) is 4.23. The summed E-state index contributed by atoms with van der Waals surface area (Å²) in [6.45, 7) is 2.06. The number of aromatic hydroxyl groups is 1. The van der Waals surface area contributed by atoms with E-state index in [-0.39, 0.29) is 12.4 Å². The Morgan fingerprint density at radius 3 is 2.46 bits per heavy atom. The van der Waals surface area contributed by atoms with Crippen LogP contribution in [0.15, 0.2) is 24.3 Å². The highest BCUT2D eigenvalue weighted by Crippen LogP contribution is 2.29. The quantitative estimate of drug-likeness (QED) is 0.639. The molecule has 0 fully saturated rings. The Morgan fingerprint density at radius 2 is 2.00 bits per heavy atom. The van der Waals surface area contributed by atoms with Gasteiger partial charge < -0.3 is 15.9 Å². The van der Waals surface area contributed by atoms with Crippen molar-refractivity contribution in [1.82, 2.24) is 0 Å². The Hall–Kier alpha value is -1.06. The minimum Gasteiger partial charge on any atom is -0.508 e. The van der Waals surface area contributed by atoms with Gasteiger partial charge in [0, 0.05) is 17.5 Å². The number of rotatable bonds is 3. The maximum Gasteiger partial charge on any atom is 0.119 e. The molecule has 3 nitrogen and oxygen atoms in total. The first kappa shape index (κ1) is 10.0. The molecular formula is C10H15NO2. The number of phenolic OH excluding ortho intramolecular Hbond substituents is 1. The van der Waals surface area contributed by atoms with Crippen molar-refractivity contribution in [2.45, 2.75) is 12.3 Å². The third-order valence-corrected chi connectivity index (χ3v) is 2.35. The monoisotopic (exact) mass is 181 g/mol. The largest absolute Gasteiger partial charge is 0.508 e. The summed E-state index contributed by atoms with van der Waals surface area (Å²) in [5.41, 5.74) is 5.69. The highest BCUT2D eigenvalue weighted by Gasteiger charge is 2.26. The molecule has 1 atom stereocenters. The SMILES string of the molecule is CC(CN)(CO)c1ccccc1O. The van der Waals surface area contributed by atoms with Crippen molar-refractivity contribution in [3.05, 3.63) is 29.8 Å². The molecule has 0 spiro atoms. The van der Waals surface area contributed by atoms with Gasteiger partial charge in [0.05, 0.1) is 6.61 Å². The van der Waals surface area contributed by atoms with Crippen LogP contribution in [0.2, 0.25) is 0 Å². The normalized spacial score (nSPS) is 15.3. The average Bonchev–Trinajstić information content (AvgIpc) is 2.17. The van der Waals surface area contributed by atoms with Gasteiger partial charge in [-0.3, -0.25) is 0 Å². The number of hydrogen-bond acceptors (Lipinski definition) is 3. The minimum atomic E-state index is -0.550. The van der Waals surface area contributed by atoms with Crippen molar-refractivity contribution in [2.24, 2.45) is 5.73 Å². The molecule has 0 heterocycles. The second kappa shape index (κ2) is 3.77. The second-order valence-electron chi connectivity index (χ2n) is 3.44. The molecule has 0 aliphatic heterocycles. The Morgan fingerprint density at radius 1 is 1.38 bits per heavy atom. The van der Waals surface area contributed by atoms with E-state index in [1.165, 1.54) is 0 Å². The van der Waals surface area contributed by atoms with Crippen molar-refractivity contribution in [2.75, 3.05) is 13.2 Å². The molecule has 0 aliphatic carbocycles. The summed E-state index contributed by atoms with van der Waals surface area (Å²) < 4.78 is 0. The van der Waals surface area contributed by atoms with Crippen LogP contribution in [0.5, 0.6) is 5.75 Å². The number of nitrogens with two attached hydrogens (primary N) is 1. The van der Waals surface area contributed by atoms with E-state index in [1.807, 2.05) is 13.0 Å². The van der Waals surface area contributed by atoms with E-state index >= 15 is 0 Å². The summed E-state index contributed by atoms with van der Waals surface area (Å²) in [7, 11) is 0. The minimum absolute atomic E-state index is 0.0684. The number of phenols is 1. The fourth-order valence-corrected chi connectivity index (χ4v) is 1.24. The van der Waals surface area contributed by atoms with Crippen molar-refractivity contribution in [1.29, 1.82) is 0 Å². The van der Waals surface area contributed by atoms with Crippen molar-refractivity contribution in [3.8, 4) is 5.75 Å². The Labute approximate surface area is 77.8 Å². The van der Waals surface area contributed by atoms with Crippen molar-refractivity contribution in [3.63, 3.8) is 0 Å². The summed E-state index contributed by atoms with van der Waals surface area (Å²) in [5, 5.41) is 18.7. The zero-order valence-electron chi connectivity index (χ0n) is 7.70. The van der Waals surface area contributed by atoms with E-state index in [9.17, 15) is 10.2 Å². The standard InChI is InChI=1S/C10H15NO2/c1-10(6-11,7-12)8-4-2-3-5-9(8)13/h2-5,12-13H,6-7,11H2,1H3. The summed E-state index contributed by atoms with van der Waals surface area (Å²) >= 11 is 0. The molecule has 1 aromatic rings. The maximum absolute atomic E-state index is 9.54. The van der Waals surface area contributed by atoms with Crippen LogP contribution in [0.4, 0.5) is 0 Å². The molecule has 0 aliphatic rings. The molecule has 13 heavy (non-hydrogen) atoms. The third kappa shape index (κ3) is 1.82. The van der Waals surface area contributed by atoms with Crippen LogP contribution < -0.4 is 5.73 Å². The van der Waals surface area contributed by atoms with E-state index in [2.05, 4.69) is 0 Å². The Bertz CT molecular complexity index is 282. The molecule has 0 aromatic heterocycles. The number of aliphatic hydroxyl groups is 1. The second-order valence-corrected chi connectivity index (χ2v) is 3.44. The van der Waals surface area contributed by atoms with Crippen LogP contribution in [0, 0.1) is 0 Å². The zero-order valence-corrected chi connectivity index (χ0v) is 7.70. The molecule has 0 bridgehead atoms. The van der Waals surface area contributed by atoms with Gasteiger partial charge in [-0.1, -0.05) is 25.1 Å². The predicted octanol–water partition coefficient (Wildman–Crippen LogP) is 0.601. The van der Waals surface area contributed by atoms with E-state index < -0.39 is 5.41 Å². The van der Waals surface area contributed by atoms with Crippen molar-refractivity contribution < 1.29 is 10.2 Å². The highest BCUT2D eigenvalue weighted by molar-refractivity contribution is 5.38. The molecule has 1 rings (SSSR count). The van der Waals surface area contributed by atoms with Crippen LogP contribution in [-0.2, 0) is 5.41 Å². The van der Waals surface area contributed by atoms with Gasteiger partial charge in [-0.25, -0.2) is 0 Å². The molecule has 72 valence electrons. The molecule has 0 amide bonds. The third-order valence-electron chi connectivity index (χ3n) is 2.35. The van der Waals surface area contributed by atoms with Crippen LogP contribution >= 0.6 is 0 Å². The molecule has 1 unspecified atom stereocenters. The number of hydrogen-bond donors (Lipinski definition) is 3. The van der Waals surface area contributed by atoms with Crippen LogP contribution in [-0.4, -0.2) is 23.4 Å². The van der Waals surface area contributed by atoms with Gasteiger partial charge >= 0.3 is 0 Å². The Balaban J connectivity index is 3.12. The molecular weight excluding hydrogens is 166 g/mol. The Kier molecular flexibility index (Phi) is 2.90. The lowest BCUT2D eigenvalue weighted by Crippen LogP contribution is -2.35. The van der Waals surface area contributed by atoms with Crippen LogP contribution in [0.1, 0.15) is 12.5 Å². The number of para-hydroxylation sites is 1. The summed E-state index contributed by atoms with van der Waals surface area (Å²) in [4.78, 5) is 0. The summed E-state index contributed by atoms with van der Waals surface area (Å²) in [5.74, 6) is 0.185. The van der Waals surface area contributed by atoms with E-state index in [1.54, 1.807) is 18.2 Å². The number of aliphatic hydroxyl groups excluding tert-OH is 1. The molecule has 0 saturated carbocycles. The van der Waals surface area contributed by atoms with Gasteiger partial charge in [0.1, 0.15) is 5.75 Å². The van der Waals surface area contributed by atoms with Gasteiger partial charge in [0.2, 0.25) is 0 Å². The van der Waals surface area contributed by atoms with Gasteiger partial charge in [0.15, 0.2) is 0 Å². The van der Waals surface area contributed by atoms with Gasteiger partial charge in [-0.15, -0.1) is 0 Å². The lowest BCUT2D eigenvalue weighted by molar-refractivity contribution is 0.207.